The molecule has 0 aromatic carbocycles. The Kier molecular flexibility index (Phi) is 3.32. The molecule has 0 aliphatic carbocycles. The number of morpholine rings is 1. The maximum atomic E-state index is 8.90. The number of ether oxygens (including phenoxy) is 1. The third kappa shape index (κ3) is 2.28. The maximum Gasteiger partial charge on any atom is 0.146 e. The molecule has 5 heteroatoms. The Labute approximate surface area is 94.7 Å². The predicted octanol–water partition coefficient (Wildman–Crippen LogP) is 0.747. The van der Waals surface area contributed by atoms with Gasteiger partial charge in [-0.1, -0.05) is 6.92 Å². The standard InChI is InChI=1S/C11H14N4O/c1-2-10-13-9(8-12)7-11(14-10)15-3-5-16-6-4-15/h7H,2-6H2,1H3. The molecule has 0 saturated carbocycles. The molecule has 0 atom stereocenters. The second-order valence-electron chi connectivity index (χ2n) is 3.59. The van der Waals surface area contributed by atoms with E-state index in [2.05, 4.69) is 20.9 Å². The lowest BCUT2D eigenvalue weighted by atomic mass is 10.3. The van der Waals surface area contributed by atoms with Gasteiger partial charge in [0, 0.05) is 25.6 Å². The molecule has 84 valence electrons. The van der Waals surface area contributed by atoms with Crippen LogP contribution in [0, 0.1) is 11.3 Å². The molecule has 0 spiro atoms. The van der Waals surface area contributed by atoms with Crippen LogP contribution in [0.15, 0.2) is 6.07 Å². The van der Waals surface area contributed by atoms with Crippen molar-refractivity contribution in [1.82, 2.24) is 9.97 Å². The zero-order valence-corrected chi connectivity index (χ0v) is 9.31. The lowest BCUT2D eigenvalue weighted by Crippen LogP contribution is -2.37. The minimum Gasteiger partial charge on any atom is -0.378 e. The van der Waals surface area contributed by atoms with Crippen LogP contribution in [0.3, 0.4) is 0 Å². The van der Waals surface area contributed by atoms with Crippen molar-refractivity contribution in [2.45, 2.75) is 13.3 Å². The van der Waals surface area contributed by atoms with Crippen LogP contribution in [0.25, 0.3) is 0 Å². The van der Waals surface area contributed by atoms with E-state index in [9.17, 15) is 0 Å². The van der Waals surface area contributed by atoms with E-state index in [0.29, 0.717) is 18.9 Å². The van der Waals surface area contributed by atoms with Crippen molar-refractivity contribution in [3.63, 3.8) is 0 Å². The molecule has 0 bridgehead atoms. The molecule has 0 amide bonds. The molecule has 1 aromatic heterocycles. The number of nitrogens with zero attached hydrogens (tertiary/aromatic N) is 4. The molecule has 0 N–H and O–H groups in total. The van der Waals surface area contributed by atoms with Crippen molar-refractivity contribution < 1.29 is 4.74 Å². The van der Waals surface area contributed by atoms with E-state index in [0.717, 1.165) is 31.2 Å². The van der Waals surface area contributed by atoms with Gasteiger partial charge in [-0.2, -0.15) is 5.26 Å². The van der Waals surface area contributed by atoms with Gasteiger partial charge in [0.1, 0.15) is 23.4 Å². The number of aryl methyl sites for hydroxylation is 1. The van der Waals surface area contributed by atoms with E-state index in [4.69, 9.17) is 10.00 Å². The summed E-state index contributed by atoms with van der Waals surface area (Å²) < 4.78 is 5.28. The van der Waals surface area contributed by atoms with Crippen molar-refractivity contribution >= 4 is 5.82 Å². The van der Waals surface area contributed by atoms with Crippen molar-refractivity contribution in [1.29, 1.82) is 5.26 Å². The molecule has 2 heterocycles. The van der Waals surface area contributed by atoms with E-state index in [1.807, 2.05) is 6.92 Å². The summed E-state index contributed by atoms with van der Waals surface area (Å²) in [6.07, 6.45) is 0.743. The van der Waals surface area contributed by atoms with Gasteiger partial charge in [0.15, 0.2) is 0 Å². The SMILES string of the molecule is CCc1nc(C#N)cc(N2CCOCC2)n1. The number of hydrogen-bond donors (Lipinski definition) is 0. The average molecular weight is 218 g/mol. The number of anilines is 1. The summed E-state index contributed by atoms with van der Waals surface area (Å²) in [5.74, 6) is 1.56. The van der Waals surface area contributed by atoms with E-state index in [-0.39, 0.29) is 0 Å². The summed E-state index contributed by atoms with van der Waals surface area (Å²) >= 11 is 0. The van der Waals surface area contributed by atoms with E-state index in [1.54, 1.807) is 6.07 Å². The molecule has 1 aliphatic rings. The molecule has 1 fully saturated rings. The van der Waals surface area contributed by atoms with Crippen molar-refractivity contribution in [3.8, 4) is 6.07 Å². The second kappa shape index (κ2) is 4.90. The predicted molar refractivity (Wildman–Crippen MR) is 59.2 cm³/mol. The molecule has 5 nitrogen and oxygen atoms in total. The smallest absolute Gasteiger partial charge is 0.146 e. The van der Waals surface area contributed by atoms with Gasteiger partial charge in [-0.05, 0) is 0 Å². The van der Waals surface area contributed by atoms with Gasteiger partial charge in [0.05, 0.1) is 13.2 Å². The highest BCUT2D eigenvalue weighted by molar-refractivity contribution is 5.43. The first-order valence-corrected chi connectivity index (χ1v) is 5.44. The highest BCUT2D eigenvalue weighted by Crippen LogP contribution is 2.14. The Bertz CT molecular complexity index is 407. The molecule has 1 saturated heterocycles. The van der Waals surface area contributed by atoms with Crippen molar-refractivity contribution in [2.24, 2.45) is 0 Å². The quantitative estimate of drug-likeness (QED) is 0.733. The number of aromatic nitrogens is 2. The fraction of sp³-hybridized carbons (Fsp3) is 0.545. The zero-order chi connectivity index (χ0) is 11.4. The van der Waals surface area contributed by atoms with Crippen LogP contribution in [0.5, 0.6) is 0 Å². The minimum atomic E-state index is 0.438. The fourth-order valence-corrected chi connectivity index (χ4v) is 1.65. The van der Waals surface area contributed by atoms with Gasteiger partial charge in [0.25, 0.3) is 0 Å². The fourth-order valence-electron chi connectivity index (χ4n) is 1.65. The van der Waals surface area contributed by atoms with Gasteiger partial charge in [0.2, 0.25) is 0 Å². The van der Waals surface area contributed by atoms with Crippen LogP contribution < -0.4 is 4.90 Å². The summed E-state index contributed by atoms with van der Waals surface area (Å²) in [6.45, 7) is 5.07. The lowest BCUT2D eigenvalue weighted by Gasteiger charge is -2.27. The summed E-state index contributed by atoms with van der Waals surface area (Å²) in [5.41, 5.74) is 0.438. The first kappa shape index (κ1) is 10.8. The summed E-state index contributed by atoms with van der Waals surface area (Å²) in [6, 6.07) is 3.81. The van der Waals surface area contributed by atoms with Crippen LogP contribution in [-0.4, -0.2) is 36.3 Å². The largest absolute Gasteiger partial charge is 0.378 e. The molecule has 1 aromatic rings. The third-order valence-electron chi connectivity index (χ3n) is 2.52. The van der Waals surface area contributed by atoms with Gasteiger partial charge in [-0.3, -0.25) is 0 Å². The first-order chi connectivity index (χ1) is 7.83. The molecule has 0 unspecified atom stereocenters. The summed E-state index contributed by atoms with van der Waals surface area (Å²) in [4.78, 5) is 10.7. The minimum absolute atomic E-state index is 0.438. The van der Waals surface area contributed by atoms with Gasteiger partial charge in [-0.15, -0.1) is 0 Å². The Morgan fingerprint density at radius 3 is 2.81 bits per heavy atom. The van der Waals surface area contributed by atoms with E-state index in [1.165, 1.54) is 0 Å². The number of rotatable bonds is 2. The number of nitriles is 1. The molecule has 1 aliphatic heterocycles. The molecule has 16 heavy (non-hydrogen) atoms. The summed E-state index contributed by atoms with van der Waals surface area (Å²) in [5, 5.41) is 8.90. The van der Waals surface area contributed by atoms with Gasteiger partial charge in [-0.25, -0.2) is 9.97 Å². The highest BCUT2D eigenvalue weighted by atomic mass is 16.5. The number of hydrogen-bond acceptors (Lipinski definition) is 5. The van der Waals surface area contributed by atoms with Crippen molar-refractivity contribution in [3.05, 3.63) is 17.6 Å². The topological polar surface area (TPSA) is 62.0 Å². The Hall–Kier alpha value is -1.67. The van der Waals surface area contributed by atoms with Crippen molar-refractivity contribution in [2.75, 3.05) is 31.2 Å². The Morgan fingerprint density at radius 2 is 2.19 bits per heavy atom. The highest BCUT2D eigenvalue weighted by Gasteiger charge is 2.14. The zero-order valence-electron chi connectivity index (χ0n) is 9.31. The van der Waals surface area contributed by atoms with Crippen LogP contribution in [-0.2, 0) is 11.2 Å². The van der Waals surface area contributed by atoms with Crippen LogP contribution in [0.1, 0.15) is 18.4 Å². The van der Waals surface area contributed by atoms with Gasteiger partial charge < -0.3 is 9.64 Å². The van der Waals surface area contributed by atoms with Gasteiger partial charge >= 0.3 is 0 Å². The Morgan fingerprint density at radius 1 is 1.44 bits per heavy atom. The second-order valence-corrected chi connectivity index (χ2v) is 3.59. The van der Waals surface area contributed by atoms with Crippen LogP contribution in [0.2, 0.25) is 0 Å². The molecular formula is C11H14N4O. The van der Waals surface area contributed by atoms with E-state index >= 15 is 0 Å². The third-order valence-corrected chi connectivity index (χ3v) is 2.52. The average Bonchev–Trinajstić information content (AvgIpc) is 2.39. The molecular weight excluding hydrogens is 204 g/mol. The van der Waals surface area contributed by atoms with Crippen LogP contribution >= 0.6 is 0 Å². The monoisotopic (exact) mass is 218 g/mol. The van der Waals surface area contributed by atoms with Crippen LogP contribution in [0.4, 0.5) is 5.82 Å². The van der Waals surface area contributed by atoms with E-state index < -0.39 is 0 Å². The maximum absolute atomic E-state index is 8.90. The Balaban J connectivity index is 2.28. The molecule has 2 rings (SSSR count). The summed E-state index contributed by atoms with van der Waals surface area (Å²) in [7, 11) is 0. The lowest BCUT2D eigenvalue weighted by molar-refractivity contribution is 0.122. The molecule has 0 radical (unpaired) electrons. The normalized spacial score (nSPS) is 15.9. The first-order valence-electron chi connectivity index (χ1n) is 5.44.